The van der Waals surface area contributed by atoms with Gasteiger partial charge in [-0.15, -0.1) is 11.6 Å². The maximum absolute atomic E-state index is 12.9. The lowest BCUT2D eigenvalue weighted by Crippen LogP contribution is -2.20. The first kappa shape index (κ1) is 28.9. The number of carbonyl (C=O) groups is 2. The van der Waals surface area contributed by atoms with Crippen molar-refractivity contribution in [3.05, 3.63) is 124 Å². The van der Waals surface area contributed by atoms with E-state index in [1.807, 2.05) is 61.5 Å². The monoisotopic (exact) mass is 556 g/mol. The molecule has 0 radical (unpaired) electrons. The van der Waals surface area contributed by atoms with Gasteiger partial charge in [-0.2, -0.15) is 0 Å². The Morgan fingerprint density at radius 1 is 0.775 bits per heavy atom. The van der Waals surface area contributed by atoms with E-state index in [9.17, 15) is 9.59 Å². The van der Waals surface area contributed by atoms with Gasteiger partial charge in [-0.25, -0.2) is 0 Å². The smallest absolute Gasteiger partial charge is 0.302 e. The highest BCUT2D eigenvalue weighted by molar-refractivity contribution is 6.17. The molecule has 0 spiro atoms. The fourth-order valence-corrected chi connectivity index (χ4v) is 4.68. The summed E-state index contributed by atoms with van der Waals surface area (Å²) in [4.78, 5) is 24.5. The van der Waals surface area contributed by atoms with Crippen molar-refractivity contribution in [2.24, 2.45) is 0 Å². The van der Waals surface area contributed by atoms with Gasteiger partial charge in [0.15, 0.2) is 5.78 Å². The number of benzene rings is 4. The van der Waals surface area contributed by atoms with E-state index >= 15 is 0 Å². The highest BCUT2D eigenvalue weighted by atomic mass is 35.5. The molecule has 0 aliphatic rings. The highest BCUT2D eigenvalue weighted by Crippen LogP contribution is 2.37. The molecule has 0 saturated carbocycles. The first-order valence-corrected chi connectivity index (χ1v) is 13.5. The molecule has 4 aromatic rings. The first-order chi connectivity index (χ1) is 19.1. The standard InChI is InChI=1S/C34H33ClO5/c1-22-6-8-24(9-7-22)33(37)25-10-14-30(15-11-25)40-32-17-13-29(19-27(32)21-39-23(2)36)34(3,4)28-12-16-31(38-5)26(18-28)20-35/h6-19H,20-21H2,1-5H3. The Bertz CT molecular complexity index is 1500. The van der Waals surface area contributed by atoms with Gasteiger partial charge in [0.2, 0.25) is 0 Å². The molecule has 40 heavy (non-hydrogen) atoms. The van der Waals surface area contributed by atoms with Gasteiger partial charge in [-0.3, -0.25) is 9.59 Å². The fraction of sp³-hybridized carbons (Fsp3) is 0.235. The van der Waals surface area contributed by atoms with E-state index in [-0.39, 0.29) is 23.8 Å². The van der Waals surface area contributed by atoms with Crippen molar-refractivity contribution in [3.63, 3.8) is 0 Å². The number of esters is 1. The van der Waals surface area contributed by atoms with Gasteiger partial charge < -0.3 is 14.2 Å². The van der Waals surface area contributed by atoms with Crippen molar-refractivity contribution in [2.45, 2.75) is 45.6 Å². The van der Waals surface area contributed by atoms with Gasteiger partial charge >= 0.3 is 5.97 Å². The van der Waals surface area contributed by atoms with Crippen molar-refractivity contribution in [1.82, 2.24) is 0 Å². The van der Waals surface area contributed by atoms with Crippen LogP contribution >= 0.6 is 11.6 Å². The zero-order valence-electron chi connectivity index (χ0n) is 23.4. The Hall–Kier alpha value is -4.09. The minimum atomic E-state index is -0.380. The minimum Gasteiger partial charge on any atom is -0.496 e. The van der Waals surface area contributed by atoms with Crippen molar-refractivity contribution < 1.29 is 23.8 Å². The molecule has 4 aromatic carbocycles. The molecule has 0 unspecified atom stereocenters. The Labute approximate surface area is 240 Å². The van der Waals surface area contributed by atoms with Gasteiger partial charge in [-0.1, -0.05) is 61.9 Å². The van der Waals surface area contributed by atoms with Crippen LogP contribution in [0.25, 0.3) is 0 Å². The van der Waals surface area contributed by atoms with Crippen molar-refractivity contribution >= 4 is 23.4 Å². The molecule has 6 heteroatoms. The normalized spacial score (nSPS) is 11.2. The number of halogens is 1. The predicted molar refractivity (Wildman–Crippen MR) is 158 cm³/mol. The quantitative estimate of drug-likeness (QED) is 0.112. The molecular weight excluding hydrogens is 524 g/mol. The third-order valence-corrected chi connectivity index (χ3v) is 7.31. The van der Waals surface area contributed by atoms with Crippen LogP contribution in [-0.2, 0) is 27.4 Å². The minimum absolute atomic E-state index is 0.0514. The summed E-state index contributed by atoms with van der Waals surface area (Å²) in [6, 6.07) is 26.4. The van der Waals surface area contributed by atoms with Crippen molar-refractivity contribution in [2.75, 3.05) is 7.11 Å². The van der Waals surface area contributed by atoms with Gasteiger partial charge in [0.05, 0.1) is 13.0 Å². The molecule has 0 aromatic heterocycles. The number of carbonyl (C=O) groups excluding carboxylic acids is 2. The zero-order valence-corrected chi connectivity index (χ0v) is 24.2. The maximum Gasteiger partial charge on any atom is 0.302 e. The molecule has 0 aliphatic heterocycles. The van der Waals surface area contributed by atoms with Crippen LogP contribution in [-0.4, -0.2) is 18.9 Å². The van der Waals surface area contributed by atoms with E-state index in [1.54, 1.807) is 31.4 Å². The van der Waals surface area contributed by atoms with E-state index in [4.69, 9.17) is 25.8 Å². The second-order valence-electron chi connectivity index (χ2n) is 10.2. The molecule has 0 aliphatic carbocycles. The molecular formula is C34H33ClO5. The summed E-state index contributed by atoms with van der Waals surface area (Å²) in [6.45, 7) is 7.68. The summed E-state index contributed by atoms with van der Waals surface area (Å²) >= 11 is 6.17. The lowest BCUT2D eigenvalue weighted by Gasteiger charge is -2.28. The average Bonchev–Trinajstić information content (AvgIpc) is 2.96. The number of alkyl halides is 1. The topological polar surface area (TPSA) is 61.8 Å². The highest BCUT2D eigenvalue weighted by Gasteiger charge is 2.26. The molecule has 0 saturated heterocycles. The van der Waals surface area contributed by atoms with Crippen LogP contribution < -0.4 is 9.47 Å². The van der Waals surface area contributed by atoms with Crippen molar-refractivity contribution in [1.29, 1.82) is 0 Å². The summed E-state index contributed by atoms with van der Waals surface area (Å²) in [5.74, 6) is 1.79. The molecule has 5 nitrogen and oxygen atoms in total. The van der Waals surface area contributed by atoms with Gasteiger partial charge in [0, 0.05) is 34.6 Å². The number of rotatable bonds is 10. The van der Waals surface area contributed by atoms with Crippen LogP contribution in [0.3, 0.4) is 0 Å². The molecule has 4 rings (SSSR count). The fourth-order valence-electron chi connectivity index (χ4n) is 4.47. The van der Waals surface area contributed by atoms with E-state index < -0.39 is 0 Å². The summed E-state index contributed by atoms with van der Waals surface area (Å²) in [7, 11) is 1.63. The van der Waals surface area contributed by atoms with Crippen LogP contribution in [0, 0.1) is 6.92 Å². The second kappa shape index (κ2) is 12.4. The molecule has 0 bridgehead atoms. The van der Waals surface area contributed by atoms with E-state index in [0.29, 0.717) is 28.5 Å². The lowest BCUT2D eigenvalue weighted by atomic mass is 9.77. The van der Waals surface area contributed by atoms with Crippen LogP contribution in [0.1, 0.15) is 64.5 Å². The third kappa shape index (κ3) is 6.54. The van der Waals surface area contributed by atoms with Crippen LogP contribution in [0.4, 0.5) is 0 Å². The molecule has 0 amide bonds. The molecule has 0 fully saturated rings. The molecule has 0 atom stereocenters. The molecule has 0 heterocycles. The van der Waals surface area contributed by atoms with E-state index in [2.05, 4.69) is 19.9 Å². The Morgan fingerprint density at radius 2 is 1.32 bits per heavy atom. The largest absolute Gasteiger partial charge is 0.496 e. The molecule has 206 valence electrons. The summed E-state index contributed by atoms with van der Waals surface area (Å²) in [6.07, 6.45) is 0. The van der Waals surface area contributed by atoms with Crippen LogP contribution in [0.15, 0.2) is 84.9 Å². The third-order valence-electron chi connectivity index (χ3n) is 7.02. The van der Waals surface area contributed by atoms with E-state index in [0.717, 1.165) is 33.6 Å². The lowest BCUT2D eigenvalue weighted by molar-refractivity contribution is -0.142. The van der Waals surface area contributed by atoms with Gasteiger partial charge in [0.1, 0.15) is 23.9 Å². The average molecular weight is 557 g/mol. The summed E-state index contributed by atoms with van der Waals surface area (Å²) in [5, 5.41) is 0. The van der Waals surface area contributed by atoms with E-state index in [1.165, 1.54) is 6.92 Å². The van der Waals surface area contributed by atoms with Crippen molar-refractivity contribution in [3.8, 4) is 17.2 Å². The molecule has 0 N–H and O–H groups in total. The maximum atomic E-state index is 12.9. The SMILES string of the molecule is COc1ccc(C(C)(C)c2ccc(Oc3ccc(C(=O)c4ccc(C)cc4)cc3)c(COC(C)=O)c2)cc1CCl. The summed E-state index contributed by atoms with van der Waals surface area (Å²) in [5.41, 5.74) is 5.67. The van der Waals surface area contributed by atoms with Crippen LogP contribution in [0.2, 0.25) is 0 Å². The summed E-state index contributed by atoms with van der Waals surface area (Å²) < 4.78 is 17.0. The Kier molecular flexibility index (Phi) is 8.96. The van der Waals surface area contributed by atoms with Gasteiger partial charge in [0.25, 0.3) is 0 Å². The number of hydrogen-bond acceptors (Lipinski definition) is 5. The van der Waals surface area contributed by atoms with Gasteiger partial charge in [-0.05, 0) is 60.5 Å². The Morgan fingerprint density at radius 3 is 1.88 bits per heavy atom. The second-order valence-corrected chi connectivity index (χ2v) is 10.5. The first-order valence-electron chi connectivity index (χ1n) is 13.0. The number of methoxy groups -OCH3 is 1. The number of aryl methyl sites for hydroxylation is 1. The zero-order chi connectivity index (χ0) is 28.9. The number of ketones is 1. The van der Waals surface area contributed by atoms with Crippen LogP contribution in [0.5, 0.6) is 17.2 Å². The predicted octanol–water partition coefficient (Wildman–Crippen LogP) is 8.15. The number of hydrogen-bond donors (Lipinski definition) is 0. The number of ether oxygens (including phenoxy) is 3. The Balaban J connectivity index is 1.61.